The molecule has 0 aliphatic rings. The first-order chi connectivity index (χ1) is 8.84. The molecule has 2 aromatic rings. The van der Waals surface area contributed by atoms with Crippen LogP contribution in [0.3, 0.4) is 0 Å². The maximum Gasteiger partial charge on any atom is 0.162 e. The Morgan fingerprint density at radius 2 is 1.74 bits per heavy atom. The molecule has 0 radical (unpaired) electrons. The number of imidazole rings is 1. The van der Waals surface area contributed by atoms with Crippen LogP contribution in [0, 0.1) is 18.3 Å². The van der Waals surface area contributed by atoms with Crippen LogP contribution in [0.25, 0.3) is 11.4 Å². The monoisotopic (exact) mass is 253 g/mol. The zero-order valence-corrected chi connectivity index (χ0v) is 12.2. The van der Waals surface area contributed by atoms with Crippen molar-refractivity contribution in [2.45, 2.75) is 33.1 Å². The van der Waals surface area contributed by atoms with E-state index < -0.39 is 0 Å². The standard InChI is InChI=1S/C16H19N3/c1-11-14(10-17)18-15(19(11)5)12-6-8-13(9-7-12)16(2,3)4/h6-9H,1-5H3. The summed E-state index contributed by atoms with van der Waals surface area (Å²) in [7, 11) is 1.94. The van der Waals surface area contributed by atoms with Gasteiger partial charge >= 0.3 is 0 Å². The summed E-state index contributed by atoms with van der Waals surface area (Å²) in [6.45, 7) is 8.50. The minimum atomic E-state index is 0.147. The Kier molecular flexibility index (Phi) is 3.20. The summed E-state index contributed by atoms with van der Waals surface area (Å²) in [6.07, 6.45) is 0. The highest BCUT2D eigenvalue weighted by atomic mass is 15.1. The molecule has 0 fully saturated rings. The van der Waals surface area contributed by atoms with Gasteiger partial charge in [-0.05, 0) is 17.9 Å². The van der Waals surface area contributed by atoms with Crippen molar-refractivity contribution in [3.05, 3.63) is 41.2 Å². The number of rotatable bonds is 1. The van der Waals surface area contributed by atoms with Crippen LogP contribution in [-0.2, 0) is 12.5 Å². The van der Waals surface area contributed by atoms with Gasteiger partial charge in [-0.1, -0.05) is 45.0 Å². The lowest BCUT2D eigenvalue weighted by atomic mass is 9.87. The van der Waals surface area contributed by atoms with Gasteiger partial charge in [-0.3, -0.25) is 0 Å². The Balaban J connectivity index is 2.47. The summed E-state index contributed by atoms with van der Waals surface area (Å²) in [4.78, 5) is 4.39. The third-order valence-corrected chi connectivity index (χ3v) is 3.50. The Labute approximate surface area is 114 Å². The molecule has 0 saturated heterocycles. The molecule has 0 bridgehead atoms. The van der Waals surface area contributed by atoms with Crippen LogP contribution in [0.4, 0.5) is 0 Å². The molecule has 0 amide bonds. The van der Waals surface area contributed by atoms with E-state index in [1.54, 1.807) is 0 Å². The summed E-state index contributed by atoms with van der Waals surface area (Å²) < 4.78 is 1.96. The van der Waals surface area contributed by atoms with Crippen molar-refractivity contribution in [1.29, 1.82) is 5.26 Å². The van der Waals surface area contributed by atoms with Crippen LogP contribution < -0.4 is 0 Å². The Morgan fingerprint density at radius 3 is 2.16 bits per heavy atom. The fourth-order valence-corrected chi connectivity index (χ4v) is 2.06. The molecule has 19 heavy (non-hydrogen) atoms. The van der Waals surface area contributed by atoms with Gasteiger partial charge in [0.15, 0.2) is 5.69 Å². The van der Waals surface area contributed by atoms with Gasteiger partial charge < -0.3 is 4.57 Å². The number of aromatic nitrogens is 2. The van der Waals surface area contributed by atoms with Gasteiger partial charge in [0.25, 0.3) is 0 Å². The zero-order valence-electron chi connectivity index (χ0n) is 12.2. The molecular formula is C16H19N3. The number of benzene rings is 1. The average molecular weight is 253 g/mol. The third-order valence-electron chi connectivity index (χ3n) is 3.50. The van der Waals surface area contributed by atoms with E-state index in [2.05, 4.69) is 56.1 Å². The molecule has 3 heteroatoms. The zero-order chi connectivity index (χ0) is 14.2. The third kappa shape index (κ3) is 2.39. The van der Waals surface area contributed by atoms with Gasteiger partial charge in [0.05, 0.1) is 5.69 Å². The highest BCUT2D eigenvalue weighted by molar-refractivity contribution is 5.58. The van der Waals surface area contributed by atoms with E-state index in [9.17, 15) is 0 Å². The van der Waals surface area contributed by atoms with Crippen LogP contribution in [-0.4, -0.2) is 9.55 Å². The Bertz CT molecular complexity index is 634. The van der Waals surface area contributed by atoms with Crippen LogP contribution in [0.15, 0.2) is 24.3 Å². The summed E-state index contributed by atoms with van der Waals surface area (Å²) >= 11 is 0. The number of nitrogens with zero attached hydrogens (tertiary/aromatic N) is 3. The van der Waals surface area contributed by atoms with Crippen LogP contribution in [0.2, 0.25) is 0 Å². The van der Waals surface area contributed by atoms with E-state index >= 15 is 0 Å². The summed E-state index contributed by atoms with van der Waals surface area (Å²) in [5.74, 6) is 0.842. The Morgan fingerprint density at radius 1 is 1.16 bits per heavy atom. The van der Waals surface area contributed by atoms with E-state index in [4.69, 9.17) is 5.26 Å². The van der Waals surface area contributed by atoms with Crippen molar-refractivity contribution < 1.29 is 0 Å². The molecule has 2 rings (SSSR count). The first kappa shape index (κ1) is 13.4. The van der Waals surface area contributed by atoms with Gasteiger partial charge in [-0.15, -0.1) is 0 Å². The molecule has 0 aliphatic heterocycles. The molecule has 0 atom stereocenters. The van der Waals surface area contributed by atoms with E-state index in [1.807, 2.05) is 18.5 Å². The lowest BCUT2D eigenvalue weighted by Crippen LogP contribution is -2.10. The average Bonchev–Trinajstić information content (AvgIpc) is 2.65. The topological polar surface area (TPSA) is 41.6 Å². The lowest BCUT2D eigenvalue weighted by molar-refractivity contribution is 0.590. The molecule has 1 aromatic carbocycles. The molecule has 0 aliphatic carbocycles. The summed E-state index contributed by atoms with van der Waals surface area (Å²) in [6, 6.07) is 10.5. The van der Waals surface area contributed by atoms with Gasteiger partial charge in [-0.2, -0.15) is 5.26 Å². The second kappa shape index (κ2) is 4.55. The van der Waals surface area contributed by atoms with Gasteiger partial charge in [0, 0.05) is 12.6 Å². The highest BCUT2D eigenvalue weighted by Gasteiger charge is 2.15. The summed E-state index contributed by atoms with van der Waals surface area (Å²) in [5, 5.41) is 9.03. The first-order valence-corrected chi connectivity index (χ1v) is 6.39. The SMILES string of the molecule is Cc1c(C#N)nc(-c2ccc(C(C)(C)C)cc2)n1C. The first-order valence-electron chi connectivity index (χ1n) is 6.39. The normalized spacial score (nSPS) is 11.4. The predicted molar refractivity (Wildman–Crippen MR) is 76.8 cm³/mol. The molecule has 3 nitrogen and oxygen atoms in total. The largest absolute Gasteiger partial charge is 0.330 e. The van der Waals surface area contributed by atoms with Crippen LogP contribution in [0.1, 0.15) is 37.7 Å². The van der Waals surface area contributed by atoms with Crippen molar-refractivity contribution in [1.82, 2.24) is 9.55 Å². The number of hydrogen-bond acceptors (Lipinski definition) is 2. The minimum absolute atomic E-state index is 0.147. The molecule has 1 heterocycles. The molecule has 0 spiro atoms. The second-order valence-electron chi connectivity index (χ2n) is 5.87. The predicted octanol–water partition coefficient (Wildman–Crippen LogP) is 3.56. The van der Waals surface area contributed by atoms with Crippen molar-refractivity contribution in [2.75, 3.05) is 0 Å². The maximum absolute atomic E-state index is 9.03. The van der Waals surface area contributed by atoms with Gasteiger partial charge in [0.2, 0.25) is 0 Å². The molecule has 0 unspecified atom stereocenters. The fourth-order valence-electron chi connectivity index (χ4n) is 2.06. The molecule has 0 N–H and O–H groups in total. The smallest absolute Gasteiger partial charge is 0.162 e. The quantitative estimate of drug-likeness (QED) is 0.779. The lowest BCUT2D eigenvalue weighted by Gasteiger charge is -2.19. The molecule has 1 aromatic heterocycles. The Hall–Kier alpha value is -2.08. The van der Waals surface area contributed by atoms with Crippen LogP contribution >= 0.6 is 0 Å². The van der Waals surface area contributed by atoms with E-state index in [0.29, 0.717) is 5.69 Å². The number of nitriles is 1. The van der Waals surface area contributed by atoms with Gasteiger partial charge in [0.1, 0.15) is 11.9 Å². The maximum atomic E-state index is 9.03. The van der Waals surface area contributed by atoms with E-state index in [0.717, 1.165) is 17.1 Å². The fraction of sp³-hybridized carbons (Fsp3) is 0.375. The van der Waals surface area contributed by atoms with Crippen molar-refractivity contribution >= 4 is 0 Å². The molecule has 98 valence electrons. The van der Waals surface area contributed by atoms with Crippen molar-refractivity contribution in [2.24, 2.45) is 7.05 Å². The van der Waals surface area contributed by atoms with E-state index in [1.165, 1.54) is 5.56 Å². The van der Waals surface area contributed by atoms with E-state index in [-0.39, 0.29) is 5.41 Å². The highest BCUT2D eigenvalue weighted by Crippen LogP contribution is 2.26. The van der Waals surface area contributed by atoms with Crippen LogP contribution in [0.5, 0.6) is 0 Å². The van der Waals surface area contributed by atoms with Crippen molar-refractivity contribution in [3.8, 4) is 17.5 Å². The van der Waals surface area contributed by atoms with Gasteiger partial charge in [-0.25, -0.2) is 4.98 Å². The molecular weight excluding hydrogens is 234 g/mol. The minimum Gasteiger partial charge on any atom is -0.330 e. The molecule has 0 saturated carbocycles. The second-order valence-corrected chi connectivity index (χ2v) is 5.87. The van der Waals surface area contributed by atoms with Crippen molar-refractivity contribution in [3.63, 3.8) is 0 Å². The summed E-state index contributed by atoms with van der Waals surface area (Å²) in [5.41, 5.74) is 3.88. The number of hydrogen-bond donors (Lipinski definition) is 0.